The standard InChI is InChI=1S/C16H23BrN2O2S/c17-14-5-7-15(8-6-14)22(21)10-2-4-16(20)19-12-13-3-1-9-18-11-13/h5-8,13,18H,1-4,9-12H2,(H,19,20). The third-order valence-corrected chi connectivity index (χ3v) is 5.78. The van der Waals surface area contributed by atoms with Gasteiger partial charge in [-0.05, 0) is 62.5 Å². The minimum atomic E-state index is -1.03. The maximum absolute atomic E-state index is 12.1. The van der Waals surface area contributed by atoms with Gasteiger partial charge in [-0.25, -0.2) is 0 Å². The van der Waals surface area contributed by atoms with Gasteiger partial charge in [0.1, 0.15) is 0 Å². The highest BCUT2D eigenvalue weighted by Crippen LogP contribution is 2.14. The summed E-state index contributed by atoms with van der Waals surface area (Å²) in [6.07, 6.45) is 3.47. The van der Waals surface area contributed by atoms with Crippen LogP contribution in [0.1, 0.15) is 25.7 Å². The Bertz CT molecular complexity index is 501. The van der Waals surface area contributed by atoms with Crippen molar-refractivity contribution in [1.82, 2.24) is 10.6 Å². The first-order valence-electron chi connectivity index (χ1n) is 7.76. The normalized spacial score (nSPS) is 19.6. The Balaban J connectivity index is 1.61. The van der Waals surface area contributed by atoms with Gasteiger partial charge in [0.2, 0.25) is 5.91 Å². The lowest BCUT2D eigenvalue weighted by atomic mass is 10.00. The first-order chi connectivity index (χ1) is 10.6. The van der Waals surface area contributed by atoms with E-state index in [4.69, 9.17) is 0 Å². The Morgan fingerprint density at radius 1 is 1.36 bits per heavy atom. The molecule has 1 aliphatic rings. The predicted molar refractivity (Wildman–Crippen MR) is 93.3 cm³/mol. The van der Waals surface area contributed by atoms with Crippen molar-refractivity contribution in [2.24, 2.45) is 5.92 Å². The fraction of sp³-hybridized carbons (Fsp3) is 0.562. The van der Waals surface area contributed by atoms with Gasteiger partial charge < -0.3 is 10.6 Å². The average Bonchev–Trinajstić information content (AvgIpc) is 2.54. The molecule has 2 unspecified atom stereocenters. The van der Waals surface area contributed by atoms with Crippen molar-refractivity contribution in [3.05, 3.63) is 28.7 Å². The van der Waals surface area contributed by atoms with Crippen LogP contribution in [0.25, 0.3) is 0 Å². The highest BCUT2D eigenvalue weighted by Gasteiger charge is 2.14. The van der Waals surface area contributed by atoms with Gasteiger partial charge in [-0.1, -0.05) is 15.9 Å². The van der Waals surface area contributed by atoms with Gasteiger partial charge in [0.15, 0.2) is 0 Å². The summed E-state index contributed by atoms with van der Waals surface area (Å²) in [5, 5.41) is 6.33. The molecule has 2 N–H and O–H groups in total. The van der Waals surface area contributed by atoms with E-state index >= 15 is 0 Å². The van der Waals surface area contributed by atoms with Crippen LogP contribution in [0.3, 0.4) is 0 Å². The molecule has 2 atom stereocenters. The zero-order valence-electron chi connectivity index (χ0n) is 12.6. The first kappa shape index (κ1) is 17.6. The molecule has 1 fully saturated rings. The average molecular weight is 387 g/mol. The molecule has 122 valence electrons. The summed E-state index contributed by atoms with van der Waals surface area (Å²) in [5.74, 6) is 1.15. The van der Waals surface area contributed by atoms with Crippen LogP contribution >= 0.6 is 15.9 Å². The molecule has 0 aromatic heterocycles. The van der Waals surface area contributed by atoms with Crippen LogP contribution in [0.2, 0.25) is 0 Å². The third-order valence-electron chi connectivity index (χ3n) is 3.80. The van der Waals surface area contributed by atoms with Crippen molar-refractivity contribution in [2.75, 3.05) is 25.4 Å². The first-order valence-corrected chi connectivity index (χ1v) is 9.87. The number of rotatable bonds is 7. The summed E-state index contributed by atoms with van der Waals surface area (Å²) in [4.78, 5) is 12.6. The summed E-state index contributed by atoms with van der Waals surface area (Å²) >= 11 is 3.36. The highest BCUT2D eigenvalue weighted by molar-refractivity contribution is 9.10. The van der Waals surface area contributed by atoms with Gasteiger partial charge in [0.05, 0.1) is 10.8 Å². The highest BCUT2D eigenvalue weighted by atomic mass is 79.9. The quantitative estimate of drug-likeness (QED) is 0.756. The van der Waals surface area contributed by atoms with Crippen molar-refractivity contribution in [1.29, 1.82) is 0 Å². The second kappa shape index (κ2) is 9.43. The van der Waals surface area contributed by atoms with Gasteiger partial charge in [-0.2, -0.15) is 0 Å². The smallest absolute Gasteiger partial charge is 0.220 e. The minimum Gasteiger partial charge on any atom is -0.356 e. The Morgan fingerprint density at radius 3 is 2.82 bits per heavy atom. The molecule has 1 aromatic rings. The molecule has 1 saturated heterocycles. The summed E-state index contributed by atoms with van der Waals surface area (Å²) in [6, 6.07) is 7.49. The lowest BCUT2D eigenvalue weighted by molar-refractivity contribution is -0.121. The monoisotopic (exact) mass is 386 g/mol. The van der Waals surface area contributed by atoms with E-state index in [9.17, 15) is 9.00 Å². The SMILES string of the molecule is O=C(CCCS(=O)c1ccc(Br)cc1)NCC1CCCNC1. The number of carbonyl (C=O) groups is 1. The summed E-state index contributed by atoms with van der Waals surface area (Å²) < 4.78 is 13.1. The van der Waals surface area contributed by atoms with Crippen LogP contribution in [0, 0.1) is 5.92 Å². The molecular formula is C16H23BrN2O2S. The lowest BCUT2D eigenvalue weighted by Gasteiger charge is -2.22. The van der Waals surface area contributed by atoms with Crippen molar-refractivity contribution in [2.45, 2.75) is 30.6 Å². The number of hydrogen-bond acceptors (Lipinski definition) is 3. The van der Waals surface area contributed by atoms with Crippen LogP contribution in [-0.4, -0.2) is 35.5 Å². The summed E-state index contributed by atoms with van der Waals surface area (Å²) in [6.45, 7) is 2.84. The van der Waals surface area contributed by atoms with Crippen LogP contribution in [0.4, 0.5) is 0 Å². The van der Waals surface area contributed by atoms with E-state index < -0.39 is 10.8 Å². The molecule has 4 nitrogen and oxygen atoms in total. The second-order valence-electron chi connectivity index (χ2n) is 5.62. The largest absolute Gasteiger partial charge is 0.356 e. The molecular weight excluding hydrogens is 364 g/mol. The Morgan fingerprint density at radius 2 is 2.14 bits per heavy atom. The maximum atomic E-state index is 12.1. The molecule has 0 spiro atoms. The second-order valence-corrected chi connectivity index (χ2v) is 8.11. The molecule has 1 aromatic carbocycles. The van der Waals surface area contributed by atoms with E-state index in [1.54, 1.807) is 0 Å². The lowest BCUT2D eigenvalue weighted by Crippen LogP contribution is -2.38. The predicted octanol–water partition coefficient (Wildman–Crippen LogP) is 2.45. The van der Waals surface area contributed by atoms with Gasteiger partial charge in [-0.3, -0.25) is 9.00 Å². The molecule has 0 saturated carbocycles. The number of benzene rings is 1. The molecule has 0 aliphatic carbocycles. The van der Waals surface area contributed by atoms with Crippen LogP contribution in [-0.2, 0) is 15.6 Å². The fourth-order valence-corrected chi connectivity index (χ4v) is 3.86. The van der Waals surface area contributed by atoms with E-state index in [0.29, 0.717) is 24.5 Å². The van der Waals surface area contributed by atoms with E-state index in [1.165, 1.54) is 12.8 Å². The Hall–Kier alpha value is -0.720. The summed E-state index contributed by atoms with van der Waals surface area (Å²) in [7, 11) is -1.03. The Kier molecular flexibility index (Phi) is 7.55. The van der Waals surface area contributed by atoms with Crippen molar-refractivity contribution in [3.63, 3.8) is 0 Å². The van der Waals surface area contributed by atoms with Crippen LogP contribution in [0.5, 0.6) is 0 Å². The van der Waals surface area contributed by atoms with E-state index in [2.05, 4.69) is 26.6 Å². The molecule has 1 aliphatic heterocycles. The number of halogens is 1. The third kappa shape index (κ3) is 6.18. The van der Waals surface area contributed by atoms with Crippen LogP contribution < -0.4 is 10.6 Å². The van der Waals surface area contributed by atoms with Gasteiger partial charge in [-0.15, -0.1) is 0 Å². The topological polar surface area (TPSA) is 58.2 Å². The van der Waals surface area contributed by atoms with E-state index in [0.717, 1.165) is 29.0 Å². The zero-order chi connectivity index (χ0) is 15.8. The molecule has 1 amide bonds. The van der Waals surface area contributed by atoms with E-state index in [-0.39, 0.29) is 5.91 Å². The molecule has 1 heterocycles. The molecule has 6 heteroatoms. The molecule has 22 heavy (non-hydrogen) atoms. The van der Waals surface area contributed by atoms with Crippen LogP contribution in [0.15, 0.2) is 33.6 Å². The molecule has 2 rings (SSSR count). The summed E-state index contributed by atoms with van der Waals surface area (Å²) in [5.41, 5.74) is 0. The number of hydrogen-bond donors (Lipinski definition) is 2. The number of amides is 1. The Labute approximate surface area is 143 Å². The zero-order valence-corrected chi connectivity index (χ0v) is 15.0. The number of piperidine rings is 1. The number of nitrogens with one attached hydrogen (secondary N) is 2. The van der Waals surface area contributed by atoms with E-state index in [1.807, 2.05) is 24.3 Å². The molecule has 0 bridgehead atoms. The number of carbonyl (C=O) groups excluding carboxylic acids is 1. The maximum Gasteiger partial charge on any atom is 0.220 e. The van der Waals surface area contributed by atoms with Crippen molar-refractivity contribution < 1.29 is 9.00 Å². The van der Waals surface area contributed by atoms with Crippen molar-refractivity contribution in [3.8, 4) is 0 Å². The minimum absolute atomic E-state index is 0.0679. The van der Waals surface area contributed by atoms with Gasteiger partial charge in [0, 0.05) is 28.1 Å². The molecule has 0 radical (unpaired) electrons. The van der Waals surface area contributed by atoms with Gasteiger partial charge in [0.25, 0.3) is 0 Å². The van der Waals surface area contributed by atoms with Crippen molar-refractivity contribution >= 4 is 32.6 Å². The fourth-order valence-electron chi connectivity index (χ4n) is 2.51. The van der Waals surface area contributed by atoms with Gasteiger partial charge >= 0.3 is 0 Å².